The average Bonchev–Trinajstić information content (AvgIpc) is 3.33. The van der Waals surface area contributed by atoms with E-state index in [1.165, 1.54) is 19.2 Å². The molecule has 7 heteroatoms. The normalized spacial score (nSPS) is 18.7. The highest BCUT2D eigenvalue weighted by Gasteiger charge is 2.35. The number of carbonyl (C=O) groups is 2. The van der Waals surface area contributed by atoms with Crippen molar-refractivity contribution in [3.63, 3.8) is 0 Å². The zero-order chi connectivity index (χ0) is 15.0. The molecule has 1 saturated heterocycles. The van der Waals surface area contributed by atoms with E-state index < -0.39 is 0 Å². The first-order chi connectivity index (χ1) is 10.1. The van der Waals surface area contributed by atoms with Crippen molar-refractivity contribution in [2.45, 2.75) is 12.8 Å². The van der Waals surface area contributed by atoms with Gasteiger partial charge in [0.2, 0.25) is 5.91 Å². The second-order valence-electron chi connectivity index (χ2n) is 5.57. The molecule has 0 atom stereocenters. The summed E-state index contributed by atoms with van der Waals surface area (Å²) < 4.78 is 1.15. The minimum Gasteiger partial charge on any atom is -0.339 e. The summed E-state index contributed by atoms with van der Waals surface area (Å²) in [5.41, 5.74) is 0.0190. The third-order valence-electron chi connectivity index (χ3n) is 3.98. The summed E-state index contributed by atoms with van der Waals surface area (Å²) in [6, 6.07) is 2.79. The number of hydrogen-bond donors (Lipinski definition) is 0. The SMILES string of the molecule is Cn1nc(C(=O)N2CCN(C(=O)C3CC3)CC2)ccc1=O. The van der Waals surface area contributed by atoms with Gasteiger partial charge in [0, 0.05) is 45.2 Å². The third-order valence-corrected chi connectivity index (χ3v) is 3.98. The van der Waals surface area contributed by atoms with Gasteiger partial charge in [0.25, 0.3) is 11.5 Å². The fourth-order valence-electron chi connectivity index (χ4n) is 2.50. The Balaban J connectivity index is 1.63. The van der Waals surface area contributed by atoms with E-state index in [-0.39, 0.29) is 29.0 Å². The summed E-state index contributed by atoms with van der Waals surface area (Å²) in [5, 5.41) is 3.97. The van der Waals surface area contributed by atoms with Crippen LogP contribution in [0.15, 0.2) is 16.9 Å². The van der Waals surface area contributed by atoms with Gasteiger partial charge < -0.3 is 9.80 Å². The molecule has 112 valence electrons. The molecule has 0 spiro atoms. The van der Waals surface area contributed by atoms with Gasteiger partial charge in [-0.05, 0) is 18.9 Å². The van der Waals surface area contributed by atoms with Crippen molar-refractivity contribution < 1.29 is 9.59 Å². The minimum atomic E-state index is -0.244. The molecule has 2 fully saturated rings. The molecule has 0 bridgehead atoms. The average molecular weight is 290 g/mol. The number of amides is 2. The van der Waals surface area contributed by atoms with E-state index in [9.17, 15) is 14.4 Å². The molecule has 2 heterocycles. The van der Waals surface area contributed by atoms with Gasteiger partial charge in [-0.2, -0.15) is 5.10 Å². The highest BCUT2D eigenvalue weighted by atomic mass is 16.2. The van der Waals surface area contributed by atoms with Crippen molar-refractivity contribution in [3.8, 4) is 0 Å². The lowest BCUT2D eigenvalue weighted by molar-refractivity contribution is -0.134. The molecule has 7 nitrogen and oxygen atoms in total. The largest absolute Gasteiger partial charge is 0.339 e. The topological polar surface area (TPSA) is 75.5 Å². The Morgan fingerprint density at radius 3 is 2.29 bits per heavy atom. The first-order valence-electron chi connectivity index (χ1n) is 7.18. The number of aryl methyl sites for hydroxylation is 1. The van der Waals surface area contributed by atoms with Gasteiger partial charge >= 0.3 is 0 Å². The molecule has 1 aromatic heterocycles. The van der Waals surface area contributed by atoms with Crippen LogP contribution >= 0.6 is 0 Å². The van der Waals surface area contributed by atoms with E-state index in [4.69, 9.17) is 0 Å². The van der Waals surface area contributed by atoms with Crippen LogP contribution < -0.4 is 5.56 Å². The van der Waals surface area contributed by atoms with Crippen LogP contribution in [-0.2, 0) is 11.8 Å². The van der Waals surface area contributed by atoms with Gasteiger partial charge in [-0.25, -0.2) is 4.68 Å². The van der Waals surface area contributed by atoms with Crippen LogP contribution in [0.3, 0.4) is 0 Å². The summed E-state index contributed by atoms with van der Waals surface area (Å²) >= 11 is 0. The van der Waals surface area contributed by atoms with Crippen LogP contribution in [-0.4, -0.2) is 57.6 Å². The molecule has 1 aliphatic heterocycles. The standard InChI is InChI=1S/C14H18N4O3/c1-16-12(19)5-4-11(15-16)14(21)18-8-6-17(7-9-18)13(20)10-2-3-10/h4-5,10H,2-3,6-9H2,1H3. The number of rotatable bonds is 2. The molecule has 2 aliphatic rings. The van der Waals surface area contributed by atoms with Crippen molar-refractivity contribution in [1.29, 1.82) is 0 Å². The Hall–Kier alpha value is -2.18. The molecule has 2 amide bonds. The van der Waals surface area contributed by atoms with Crippen LogP contribution in [0.4, 0.5) is 0 Å². The van der Waals surface area contributed by atoms with Crippen LogP contribution in [0.5, 0.6) is 0 Å². The molecular weight excluding hydrogens is 272 g/mol. The first-order valence-corrected chi connectivity index (χ1v) is 7.18. The third kappa shape index (κ3) is 2.81. The quantitative estimate of drug-likeness (QED) is 0.734. The zero-order valence-electron chi connectivity index (χ0n) is 12.0. The predicted octanol–water partition coefficient (Wildman–Crippen LogP) is -0.525. The molecule has 0 N–H and O–H groups in total. The van der Waals surface area contributed by atoms with Crippen molar-refractivity contribution in [3.05, 3.63) is 28.2 Å². The van der Waals surface area contributed by atoms with E-state index in [1.54, 1.807) is 4.90 Å². The van der Waals surface area contributed by atoms with Crippen molar-refractivity contribution in [2.75, 3.05) is 26.2 Å². The molecule has 1 aromatic rings. The van der Waals surface area contributed by atoms with Crippen molar-refractivity contribution in [2.24, 2.45) is 13.0 Å². The van der Waals surface area contributed by atoms with Gasteiger partial charge in [0.1, 0.15) is 5.69 Å². The molecule has 0 unspecified atom stereocenters. The Bertz CT molecular complexity index is 627. The maximum atomic E-state index is 12.3. The lowest BCUT2D eigenvalue weighted by Gasteiger charge is -2.34. The number of carbonyl (C=O) groups excluding carboxylic acids is 2. The molecule has 3 rings (SSSR count). The van der Waals surface area contributed by atoms with Gasteiger partial charge in [0.05, 0.1) is 0 Å². The highest BCUT2D eigenvalue weighted by molar-refractivity contribution is 5.92. The second kappa shape index (κ2) is 5.31. The van der Waals surface area contributed by atoms with Crippen LogP contribution in [0, 0.1) is 5.92 Å². The number of piperazine rings is 1. The minimum absolute atomic E-state index is 0.191. The Labute approximate surface area is 122 Å². The van der Waals surface area contributed by atoms with E-state index in [0.717, 1.165) is 17.5 Å². The van der Waals surface area contributed by atoms with E-state index in [0.29, 0.717) is 26.2 Å². The molecule has 0 aromatic carbocycles. The van der Waals surface area contributed by atoms with Crippen LogP contribution in [0.1, 0.15) is 23.3 Å². The fourth-order valence-corrected chi connectivity index (χ4v) is 2.50. The van der Waals surface area contributed by atoms with Crippen molar-refractivity contribution >= 4 is 11.8 Å². The molecule has 21 heavy (non-hydrogen) atoms. The van der Waals surface area contributed by atoms with Crippen LogP contribution in [0.2, 0.25) is 0 Å². The maximum absolute atomic E-state index is 12.3. The monoisotopic (exact) mass is 290 g/mol. The number of hydrogen-bond acceptors (Lipinski definition) is 4. The summed E-state index contributed by atoms with van der Waals surface area (Å²) in [7, 11) is 1.52. The smallest absolute Gasteiger partial charge is 0.274 e. The van der Waals surface area contributed by atoms with E-state index >= 15 is 0 Å². The molecule has 1 saturated carbocycles. The number of aromatic nitrogens is 2. The summed E-state index contributed by atoms with van der Waals surface area (Å²) in [4.78, 5) is 39.1. The summed E-state index contributed by atoms with van der Waals surface area (Å²) in [5.74, 6) is 0.254. The fraction of sp³-hybridized carbons (Fsp3) is 0.571. The lowest BCUT2D eigenvalue weighted by atomic mass is 10.2. The second-order valence-corrected chi connectivity index (χ2v) is 5.57. The van der Waals surface area contributed by atoms with E-state index in [2.05, 4.69) is 5.10 Å². The summed E-state index contributed by atoms with van der Waals surface area (Å²) in [6.45, 7) is 2.18. The molecule has 1 aliphatic carbocycles. The Morgan fingerprint density at radius 2 is 1.71 bits per heavy atom. The predicted molar refractivity (Wildman–Crippen MR) is 74.7 cm³/mol. The molecule has 0 radical (unpaired) electrons. The lowest BCUT2D eigenvalue weighted by Crippen LogP contribution is -2.51. The molecular formula is C14H18N4O3. The van der Waals surface area contributed by atoms with Gasteiger partial charge in [0.15, 0.2) is 0 Å². The summed E-state index contributed by atoms with van der Waals surface area (Å²) in [6.07, 6.45) is 2.00. The highest BCUT2D eigenvalue weighted by Crippen LogP contribution is 2.31. The van der Waals surface area contributed by atoms with Gasteiger partial charge in [-0.3, -0.25) is 14.4 Å². The first kappa shape index (κ1) is 13.8. The zero-order valence-corrected chi connectivity index (χ0v) is 12.0. The van der Waals surface area contributed by atoms with Gasteiger partial charge in [-0.1, -0.05) is 0 Å². The van der Waals surface area contributed by atoms with E-state index in [1.807, 2.05) is 4.90 Å². The van der Waals surface area contributed by atoms with Crippen LogP contribution in [0.25, 0.3) is 0 Å². The Morgan fingerprint density at radius 1 is 1.10 bits per heavy atom. The van der Waals surface area contributed by atoms with Gasteiger partial charge in [-0.15, -0.1) is 0 Å². The number of nitrogens with zero attached hydrogens (tertiary/aromatic N) is 4. The Kier molecular flexibility index (Phi) is 3.48. The maximum Gasteiger partial charge on any atom is 0.274 e. The van der Waals surface area contributed by atoms with Crippen molar-refractivity contribution in [1.82, 2.24) is 19.6 Å².